The van der Waals surface area contributed by atoms with E-state index < -0.39 is 5.82 Å². The minimum atomic E-state index is -0.593. The van der Waals surface area contributed by atoms with Crippen molar-refractivity contribution in [2.24, 2.45) is 0 Å². The number of benzene rings is 3. The van der Waals surface area contributed by atoms with Gasteiger partial charge in [0.05, 0.1) is 6.95 Å². The summed E-state index contributed by atoms with van der Waals surface area (Å²) in [4.78, 5) is 8.51. The summed E-state index contributed by atoms with van der Waals surface area (Å²) in [6.45, 7) is 0. The van der Waals surface area contributed by atoms with Crippen molar-refractivity contribution in [2.75, 3.05) is 0 Å². The molecule has 3 heterocycles. The zero-order valence-corrected chi connectivity index (χ0v) is 19.6. The second kappa shape index (κ2) is 10.3. The quantitative estimate of drug-likeness (QED) is 0.196. The van der Waals surface area contributed by atoms with Gasteiger partial charge in [0.15, 0.2) is 0 Å². The molecule has 163 valence electrons. The van der Waals surface area contributed by atoms with E-state index in [0.717, 1.165) is 27.7 Å². The number of hydrogen-bond acceptors (Lipinski definition) is 3. The summed E-state index contributed by atoms with van der Waals surface area (Å²) >= 11 is 0. The van der Waals surface area contributed by atoms with E-state index in [9.17, 15) is 4.39 Å². The zero-order chi connectivity index (χ0) is 22.6. The standard InChI is InChI=1S/C17H9FNO.C11H8N.Ir/c18-11-7-8-12-13-4-3-5-14(15-6-1-2-9-19-15)17(13)20-16(12)10-11;1-2-6-10(7-3-1)11-8-4-5-9-12-11;/h1-4,6-10H;1-6,8-9H;/q2*-1;/i10D;;. The molecule has 6 aromatic rings. The molecule has 3 aromatic heterocycles. The molecule has 0 saturated heterocycles. The maximum Gasteiger partial charge on any atom is 0.126 e. The molecule has 0 atom stereocenters. The molecular formula is C28H17FIrN2O-2. The second-order valence-electron chi connectivity index (χ2n) is 6.95. The van der Waals surface area contributed by atoms with Crippen molar-refractivity contribution in [2.45, 2.75) is 0 Å². The van der Waals surface area contributed by atoms with Gasteiger partial charge in [0.1, 0.15) is 11.4 Å². The number of furan rings is 1. The molecule has 1 radical (unpaired) electrons. The first kappa shape index (κ1) is 21.2. The van der Waals surface area contributed by atoms with Crippen LogP contribution in [0, 0.1) is 17.9 Å². The molecule has 0 unspecified atom stereocenters. The molecule has 0 amide bonds. The van der Waals surface area contributed by atoms with Crippen LogP contribution < -0.4 is 0 Å². The number of hydrogen-bond donors (Lipinski definition) is 0. The van der Waals surface area contributed by atoms with Gasteiger partial charge >= 0.3 is 0 Å². The number of nitrogens with zero attached hydrogens (tertiary/aromatic N) is 2. The molecule has 0 aliphatic carbocycles. The van der Waals surface area contributed by atoms with E-state index in [-0.39, 0.29) is 31.7 Å². The second-order valence-corrected chi connectivity index (χ2v) is 6.95. The van der Waals surface area contributed by atoms with E-state index >= 15 is 0 Å². The van der Waals surface area contributed by atoms with E-state index in [1.165, 1.54) is 6.07 Å². The van der Waals surface area contributed by atoms with Crippen molar-refractivity contribution in [3.63, 3.8) is 0 Å². The van der Waals surface area contributed by atoms with E-state index in [2.05, 4.69) is 22.1 Å². The van der Waals surface area contributed by atoms with E-state index in [0.29, 0.717) is 11.1 Å². The van der Waals surface area contributed by atoms with E-state index in [1.54, 1.807) is 24.5 Å². The van der Waals surface area contributed by atoms with Crippen LogP contribution in [0.3, 0.4) is 0 Å². The minimum Gasteiger partial charge on any atom is -0.500 e. The van der Waals surface area contributed by atoms with Crippen LogP contribution in [0.5, 0.6) is 0 Å². The molecule has 3 aromatic carbocycles. The number of pyridine rings is 2. The van der Waals surface area contributed by atoms with Crippen molar-refractivity contribution in [1.29, 1.82) is 0 Å². The Morgan fingerprint density at radius 2 is 1.52 bits per heavy atom. The average molecular weight is 610 g/mol. The Morgan fingerprint density at radius 3 is 2.21 bits per heavy atom. The van der Waals surface area contributed by atoms with Gasteiger partial charge in [-0.1, -0.05) is 35.2 Å². The molecule has 0 spiro atoms. The summed E-state index contributed by atoms with van der Waals surface area (Å²) in [6, 6.07) is 31.8. The minimum absolute atomic E-state index is 0. The fourth-order valence-corrected chi connectivity index (χ4v) is 3.42. The van der Waals surface area contributed by atoms with E-state index in [4.69, 9.17) is 5.79 Å². The molecule has 5 heteroatoms. The fraction of sp³-hybridized carbons (Fsp3) is 0. The van der Waals surface area contributed by atoms with Crippen molar-refractivity contribution in [1.82, 2.24) is 9.97 Å². The van der Waals surface area contributed by atoms with Crippen molar-refractivity contribution in [3.8, 4) is 22.5 Å². The first-order chi connectivity index (χ1) is 16.2. The maximum absolute atomic E-state index is 13.5. The molecule has 0 fully saturated rings. The Balaban J connectivity index is 0.000000180. The topological polar surface area (TPSA) is 38.9 Å². The SMILES string of the molecule is [2H]c1c(F)ccc2c1oc1c(-c3ccccn3)[c-]ccc12.[Ir].[c-]1ccccc1-c1ccccn1. The first-order valence-electron chi connectivity index (χ1n) is 10.5. The van der Waals surface area contributed by atoms with Gasteiger partial charge in [-0.05, 0) is 35.7 Å². The molecule has 0 saturated carbocycles. The third-order valence-electron chi connectivity index (χ3n) is 4.89. The first-order valence-corrected chi connectivity index (χ1v) is 10.0. The molecular weight excluding hydrogens is 592 g/mol. The van der Waals surface area contributed by atoms with Crippen LogP contribution in [-0.2, 0) is 20.1 Å². The molecule has 0 bridgehead atoms. The van der Waals surface area contributed by atoms with Crippen LogP contribution in [0.25, 0.3) is 44.5 Å². The third kappa shape index (κ3) is 4.90. The fourth-order valence-electron chi connectivity index (χ4n) is 3.42. The Labute approximate surface area is 205 Å². The van der Waals surface area contributed by atoms with Crippen LogP contribution in [0.2, 0.25) is 0 Å². The van der Waals surface area contributed by atoms with Crippen molar-refractivity contribution >= 4 is 21.9 Å². The maximum atomic E-state index is 13.5. The van der Waals surface area contributed by atoms with Crippen LogP contribution >= 0.6 is 0 Å². The number of halogens is 1. The van der Waals surface area contributed by atoms with Crippen LogP contribution in [0.1, 0.15) is 1.37 Å². The predicted molar refractivity (Wildman–Crippen MR) is 124 cm³/mol. The summed E-state index contributed by atoms with van der Waals surface area (Å²) in [5.41, 5.74) is 4.28. The van der Waals surface area contributed by atoms with Crippen LogP contribution in [0.15, 0.2) is 108 Å². The smallest absolute Gasteiger partial charge is 0.126 e. The van der Waals surface area contributed by atoms with Gasteiger partial charge in [-0.15, -0.1) is 54.1 Å². The van der Waals surface area contributed by atoms with Crippen LogP contribution in [0.4, 0.5) is 4.39 Å². The summed E-state index contributed by atoms with van der Waals surface area (Å²) in [6.07, 6.45) is 3.48. The third-order valence-corrected chi connectivity index (χ3v) is 4.89. The Bertz CT molecular complexity index is 1490. The molecule has 3 nitrogen and oxygen atoms in total. The summed E-state index contributed by atoms with van der Waals surface area (Å²) in [7, 11) is 0. The molecule has 0 N–H and O–H groups in total. The van der Waals surface area contributed by atoms with Gasteiger partial charge in [0.25, 0.3) is 0 Å². The number of fused-ring (bicyclic) bond motifs is 3. The number of rotatable bonds is 2. The summed E-state index contributed by atoms with van der Waals surface area (Å²) in [5.74, 6) is -0.593. The largest absolute Gasteiger partial charge is 0.500 e. The van der Waals surface area contributed by atoms with Crippen molar-refractivity contribution < 1.29 is 30.3 Å². The molecule has 33 heavy (non-hydrogen) atoms. The van der Waals surface area contributed by atoms with Gasteiger partial charge in [0, 0.05) is 43.9 Å². The average Bonchev–Trinajstić information content (AvgIpc) is 3.28. The van der Waals surface area contributed by atoms with Gasteiger partial charge in [0.2, 0.25) is 0 Å². The monoisotopic (exact) mass is 610 g/mol. The normalized spacial score (nSPS) is 10.8. The summed E-state index contributed by atoms with van der Waals surface area (Å²) in [5, 5.41) is 1.56. The Hall–Kier alpha value is -3.66. The van der Waals surface area contributed by atoms with Crippen molar-refractivity contribution in [3.05, 3.63) is 121 Å². The molecule has 6 rings (SSSR count). The van der Waals surface area contributed by atoms with Gasteiger partial charge in [-0.25, -0.2) is 4.39 Å². The molecule has 0 aliphatic rings. The van der Waals surface area contributed by atoms with Gasteiger partial charge < -0.3 is 14.4 Å². The van der Waals surface area contributed by atoms with E-state index in [1.807, 2.05) is 66.7 Å². The summed E-state index contributed by atoms with van der Waals surface area (Å²) < 4.78 is 27.1. The Morgan fingerprint density at radius 1 is 0.758 bits per heavy atom. The number of aromatic nitrogens is 2. The van der Waals surface area contributed by atoms with Gasteiger partial charge in [-0.3, -0.25) is 0 Å². The van der Waals surface area contributed by atoms with Crippen LogP contribution in [-0.4, -0.2) is 9.97 Å². The van der Waals surface area contributed by atoms with Gasteiger partial charge in [-0.2, -0.15) is 0 Å². The Kier molecular flexibility index (Phi) is 6.62. The predicted octanol–water partition coefficient (Wildman–Crippen LogP) is 7.13. The molecule has 0 aliphatic heterocycles. The zero-order valence-electron chi connectivity index (χ0n) is 18.3.